The number of ether oxygens (including phenoxy) is 2. The molecule has 30 heavy (non-hydrogen) atoms. The molecule has 0 radical (unpaired) electrons. The molecule has 2 atom stereocenters. The zero-order valence-electron chi connectivity index (χ0n) is 17.2. The fourth-order valence-corrected chi connectivity index (χ4v) is 4.14. The van der Waals surface area contributed by atoms with Gasteiger partial charge in [0.15, 0.2) is 5.60 Å². The van der Waals surface area contributed by atoms with Crippen molar-refractivity contribution in [1.82, 2.24) is 14.5 Å². The highest BCUT2D eigenvalue weighted by molar-refractivity contribution is 5.93. The third kappa shape index (κ3) is 3.27. The number of hydrogen-bond acceptors (Lipinski definition) is 7. The van der Waals surface area contributed by atoms with Crippen molar-refractivity contribution in [2.45, 2.75) is 57.5 Å². The topological polar surface area (TPSA) is 114 Å². The maximum absolute atomic E-state index is 6.32. The van der Waals surface area contributed by atoms with E-state index in [2.05, 4.69) is 31.7 Å². The molecular weight excluding hydrogens is 380 g/mol. The van der Waals surface area contributed by atoms with E-state index in [1.165, 1.54) is 11.9 Å². The van der Waals surface area contributed by atoms with Crippen molar-refractivity contribution in [3.8, 4) is 5.75 Å². The largest absolute Gasteiger partial charge is 0.478 e. The Kier molecular flexibility index (Phi) is 4.39. The summed E-state index contributed by atoms with van der Waals surface area (Å²) < 4.78 is 14.3. The van der Waals surface area contributed by atoms with Gasteiger partial charge >= 0.3 is 0 Å². The zero-order valence-corrected chi connectivity index (χ0v) is 17.2. The van der Waals surface area contributed by atoms with Gasteiger partial charge in [-0.05, 0) is 63.3 Å². The number of nitrogens with two attached hydrogens (primary N) is 2. The molecule has 5 rings (SSSR count). The SMILES string of the molecule is CC1(C)Oc2ccc(CCC3CCC(n4ccc5c(N)ncnc54)O3)cc2N=C1N. The van der Waals surface area contributed by atoms with Crippen LogP contribution in [-0.4, -0.2) is 32.1 Å². The molecule has 2 aliphatic rings. The van der Waals surface area contributed by atoms with Crippen LogP contribution in [0.25, 0.3) is 11.0 Å². The predicted molar refractivity (Wildman–Crippen MR) is 116 cm³/mol. The summed E-state index contributed by atoms with van der Waals surface area (Å²) in [5.41, 5.74) is 14.2. The quantitative estimate of drug-likeness (QED) is 0.686. The van der Waals surface area contributed by atoms with Crippen LogP contribution in [0.2, 0.25) is 0 Å². The molecule has 4 heterocycles. The van der Waals surface area contributed by atoms with Crippen LogP contribution in [0.1, 0.15) is 44.9 Å². The van der Waals surface area contributed by atoms with E-state index in [4.69, 9.17) is 20.9 Å². The standard InChI is InChI=1S/C22H26N6O2/c1-22(2)21(24)27-16-11-13(4-7-17(16)30-22)3-5-14-6-8-18(29-14)28-10-9-15-19(23)25-12-26-20(15)28/h4,7,9-12,14,18H,3,5-6,8H2,1-2H3,(H2,24,27)(H2,23,25,26). The minimum absolute atomic E-state index is 0.0228. The Bertz CT molecular complexity index is 1140. The number of aromatic nitrogens is 3. The Morgan fingerprint density at radius 1 is 1.17 bits per heavy atom. The van der Waals surface area contributed by atoms with Gasteiger partial charge < -0.3 is 25.5 Å². The van der Waals surface area contributed by atoms with Gasteiger partial charge in [-0.15, -0.1) is 0 Å². The minimum Gasteiger partial charge on any atom is -0.478 e. The number of rotatable bonds is 4. The first-order valence-corrected chi connectivity index (χ1v) is 10.3. The molecule has 1 aromatic carbocycles. The van der Waals surface area contributed by atoms with E-state index in [1.807, 2.05) is 32.2 Å². The van der Waals surface area contributed by atoms with Gasteiger partial charge in [-0.3, -0.25) is 0 Å². The molecule has 8 heteroatoms. The summed E-state index contributed by atoms with van der Waals surface area (Å²) in [5.74, 6) is 1.77. The van der Waals surface area contributed by atoms with E-state index >= 15 is 0 Å². The van der Waals surface area contributed by atoms with Gasteiger partial charge in [-0.25, -0.2) is 15.0 Å². The summed E-state index contributed by atoms with van der Waals surface area (Å²) in [6.07, 6.45) is 7.47. The molecule has 0 aliphatic carbocycles. The van der Waals surface area contributed by atoms with Crippen LogP contribution in [0.5, 0.6) is 5.75 Å². The van der Waals surface area contributed by atoms with Crippen molar-refractivity contribution < 1.29 is 9.47 Å². The molecule has 0 amide bonds. The van der Waals surface area contributed by atoms with Crippen LogP contribution in [0.15, 0.2) is 41.8 Å². The van der Waals surface area contributed by atoms with Crippen molar-refractivity contribution in [2.24, 2.45) is 10.7 Å². The molecule has 3 aromatic rings. The van der Waals surface area contributed by atoms with E-state index in [0.717, 1.165) is 48.2 Å². The lowest BCUT2D eigenvalue weighted by Gasteiger charge is -2.30. The summed E-state index contributed by atoms with van der Waals surface area (Å²) in [6.45, 7) is 3.84. The summed E-state index contributed by atoms with van der Waals surface area (Å²) in [4.78, 5) is 13.0. The van der Waals surface area contributed by atoms with Gasteiger partial charge in [-0.2, -0.15) is 0 Å². The van der Waals surface area contributed by atoms with Crippen molar-refractivity contribution in [1.29, 1.82) is 0 Å². The Morgan fingerprint density at radius 3 is 2.90 bits per heavy atom. The highest BCUT2D eigenvalue weighted by Crippen LogP contribution is 2.37. The first kappa shape index (κ1) is 18.9. The minimum atomic E-state index is -0.570. The molecule has 1 saturated heterocycles. The lowest BCUT2D eigenvalue weighted by molar-refractivity contribution is 0.00120. The highest BCUT2D eigenvalue weighted by atomic mass is 16.5. The second-order valence-electron chi connectivity index (χ2n) is 8.46. The van der Waals surface area contributed by atoms with Gasteiger partial charge in [0.2, 0.25) is 0 Å². The maximum atomic E-state index is 6.32. The van der Waals surface area contributed by atoms with Gasteiger partial charge in [0, 0.05) is 6.20 Å². The molecule has 0 spiro atoms. The number of benzene rings is 1. The van der Waals surface area contributed by atoms with Crippen LogP contribution >= 0.6 is 0 Å². The Balaban J connectivity index is 1.25. The molecule has 0 saturated carbocycles. The third-order valence-corrected chi connectivity index (χ3v) is 5.94. The van der Waals surface area contributed by atoms with Crippen molar-refractivity contribution >= 4 is 28.4 Å². The van der Waals surface area contributed by atoms with Crippen LogP contribution < -0.4 is 16.2 Å². The molecular formula is C22H26N6O2. The van der Waals surface area contributed by atoms with Gasteiger partial charge in [0.05, 0.1) is 11.5 Å². The summed E-state index contributed by atoms with van der Waals surface area (Å²) >= 11 is 0. The van der Waals surface area contributed by atoms with Gasteiger partial charge in [0.1, 0.15) is 41.3 Å². The second-order valence-corrected chi connectivity index (χ2v) is 8.46. The Labute approximate surface area is 174 Å². The third-order valence-electron chi connectivity index (χ3n) is 5.94. The average Bonchev–Trinajstić information content (AvgIpc) is 3.34. The van der Waals surface area contributed by atoms with Crippen molar-refractivity contribution in [3.05, 3.63) is 42.4 Å². The molecule has 0 bridgehead atoms. The molecule has 1 fully saturated rings. The van der Waals surface area contributed by atoms with Crippen LogP contribution in [0.4, 0.5) is 11.5 Å². The average molecular weight is 406 g/mol. The summed E-state index contributed by atoms with van der Waals surface area (Å²) in [7, 11) is 0. The van der Waals surface area contributed by atoms with Crippen molar-refractivity contribution in [2.75, 3.05) is 5.73 Å². The Morgan fingerprint density at radius 2 is 2.03 bits per heavy atom. The number of fused-ring (bicyclic) bond motifs is 2. The first-order valence-electron chi connectivity index (χ1n) is 10.3. The number of amidine groups is 1. The Hall–Kier alpha value is -3.13. The fraction of sp³-hybridized carbons (Fsp3) is 0.409. The highest BCUT2D eigenvalue weighted by Gasteiger charge is 2.31. The lowest BCUT2D eigenvalue weighted by atomic mass is 10.0. The molecule has 156 valence electrons. The predicted octanol–water partition coefficient (Wildman–Crippen LogP) is 3.48. The van der Waals surface area contributed by atoms with Gasteiger partial charge in [0.25, 0.3) is 0 Å². The summed E-state index contributed by atoms with van der Waals surface area (Å²) in [5, 5.41) is 0.865. The van der Waals surface area contributed by atoms with E-state index in [-0.39, 0.29) is 12.3 Å². The molecule has 8 nitrogen and oxygen atoms in total. The molecule has 2 aromatic heterocycles. The monoisotopic (exact) mass is 406 g/mol. The fourth-order valence-electron chi connectivity index (χ4n) is 4.14. The second kappa shape index (κ2) is 6.98. The maximum Gasteiger partial charge on any atom is 0.160 e. The normalized spacial score (nSPS) is 22.5. The van der Waals surface area contributed by atoms with Crippen LogP contribution in [0, 0.1) is 0 Å². The number of aliphatic imine (C=N–C) groups is 1. The van der Waals surface area contributed by atoms with Crippen molar-refractivity contribution in [3.63, 3.8) is 0 Å². The first-order chi connectivity index (χ1) is 14.4. The molecule has 4 N–H and O–H groups in total. The van der Waals surface area contributed by atoms with E-state index < -0.39 is 5.60 Å². The van der Waals surface area contributed by atoms with E-state index in [9.17, 15) is 0 Å². The van der Waals surface area contributed by atoms with E-state index in [0.29, 0.717) is 11.7 Å². The van der Waals surface area contributed by atoms with Crippen LogP contribution in [-0.2, 0) is 11.2 Å². The van der Waals surface area contributed by atoms with Gasteiger partial charge in [-0.1, -0.05) is 6.07 Å². The lowest BCUT2D eigenvalue weighted by Crippen LogP contribution is -2.45. The molecule has 2 aliphatic heterocycles. The van der Waals surface area contributed by atoms with E-state index in [1.54, 1.807) is 0 Å². The van der Waals surface area contributed by atoms with Crippen LogP contribution in [0.3, 0.4) is 0 Å². The number of anilines is 1. The number of nitrogen functional groups attached to an aromatic ring is 1. The number of hydrogen-bond donors (Lipinski definition) is 2. The zero-order chi connectivity index (χ0) is 20.9. The smallest absolute Gasteiger partial charge is 0.160 e. The number of nitrogens with zero attached hydrogens (tertiary/aromatic N) is 4. The molecule has 2 unspecified atom stereocenters. The summed E-state index contributed by atoms with van der Waals surface area (Å²) in [6, 6.07) is 8.08. The number of aryl methyl sites for hydroxylation is 1.